The Bertz CT molecular complexity index is 311. The molecule has 1 aromatic carbocycles. The number of hydrogen-bond acceptors (Lipinski definition) is 2. The Kier molecular flexibility index (Phi) is 3.84. The van der Waals surface area contributed by atoms with Gasteiger partial charge in [-0.25, -0.2) is 0 Å². The molecule has 2 heteroatoms. The molecule has 0 atom stereocenters. The van der Waals surface area contributed by atoms with E-state index < -0.39 is 0 Å². The number of aryl methyl sites for hydroxylation is 2. The van der Waals surface area contributed by atoms with Crippen LogP contribution in [0.25, 0.3) is 0 Å². The first-order valence-electron chi connectivity index (χ1n) is 4.85. The highest BCUT2D eigenvalue weighted by Gasteiger charge is 2.03. The molecule has 1 N–H and O–H groups in total. The number of ketones is 1. The van der Waals surface area contributed by atoms with Gasteiger partial charge in [0.05, 0.1) is 6.54 Å². The molecule has 0 heterocycles. The van der Waals surface area contributed by atoms with E-state index in [-0.39, 0.29) is 5.78 Å². The first-order valence-corrected chi connectivity index (χ1v) is 4.85. The predicted octanol–water partition coefficient (Wildman–Crippen LogP) is 1.63. The molecule has 0 aliphatic rings. The summed E-state index contributed by atoms with van der Waals surface area (Å²) >= 11 is 0. The Morgan fingerprint density at radius 1 is 1.21 bits per heavy atom. The summed E-state index contributed by atoms with van der Waals surface area (Å²) in [6, 6.07) is 6.26. The van der Waals surface area contributed by atoms with Gasteiger partial charge in [0.2, 0.25) is 0 Å². The number of benzene rings is 1. The molecular weight excluding hydrogens is 174 g/mol. The van der Waals surface area contributed by atoms with Crippen molar-refractivity contribution in [3.8, 4) is 0 Å². The Labute approximate surface area is 85.3 Å². The molecule has 2 nitrogen and oxygen atoms in total. The van der Waals surface area contributed by atoms with Gasteiger partial charge >= 0.3 is 0 Å². The maximum absolute atomic E-state index is 11.4. The van der Waals surface area contributed by atoms with Gasteiger partial charge in [0, 0.05) is 6.42 Å². The maximum atomic E-state index is 11.4. The summed E-state index contributed by atoms with van der Waals surface area (Å²) in [5.74, 6) is 0.234. The molecule has 0 aliphatic carbocycles. The standard InChI is InChI=1S/C12H17NO/c1-9-4-10(2)6-11(5-9)7-12(14)8-13-3/h4-6,13H,7-8H2,1-3H3. The second-order valence-corrected chi connectivity index (χ2v) is 3.74. The van der Waals surface area contributed by atoms with E-state index in [0.717, 1.165) is 5.56 Å². The van der Waals surface area contributed by atoms with Crippen molar-refractivity contribution in [3.05, 3.63) is 34.9 Å². The van der Waals surface area contributed by atoms with Crippen molar-refractivity contribution >= 4 is 5.78 Å². The van der Waals surface area contributed by atoms with E-state index in [1.54, 1.807) is 7.05 Å². The second-order valence-electron chi connectivity index (χ2n) is 3.74. The zero-order valence-electron chi connectivity index (χ0n) is 9.05. The van der Waals surface area contributed by atoms with Crippen molar-refractivity contribution in [2.24, 2.45) is 0 Å². The lowest BCUT2D eigenvalue weighted by molar-refractivity contribution is -0.117. The summed E-state index contributed by atoms with van der Waals surface area (Å²) in [6.45, 7) is 4.56. The molecule has 1 rings (SSSR count). The monoisotopic (exact) mass is 191 g/mol. The van der Waals surface area contributed by atoms with Crippen LogP contribution in [0.5, 0.6) is 0 Å². The number of likely N-dealkylation sites (N-methyl/N-ethyl adjacent to an activating group) is 1. The number of nitrogens with one attached hydrogen (secondary N) is 1. The van der Waals surface area contributed by atoms with Crippen molar-refractivity contribution in [1.29, 1.82) is 0 Å². The third-order valence-corrected chi connectivity index (χ3v) is 2.06. The van der Waals surface area contributed by atoms with Gasteiger partial charge in [-0.3, -0.25) is 4.79 Å². The molecule has 0 fully saturated rings. The van der Waals surface area contributed by atoms with Crippen LogP contribution in [0.1, 0.15) is 16.7 Å². The van der Waals surface area contributed by atoms with E-state index in [1.165, 1.54) is 11.1 Å². The van der Waals surface area contributed by atoms with Crippen molar-refractivity contribution in [3.63, 3.8) is 0 Å². The number of carbonyl (C=O) groups is 1. The first-order chi connectivity index (χ1) is 6.61. The number of hydrogen-bond donors (Lipinski definition) is 1. The van der Waals surface area contributed by atoms with E-state index in [9.17, 15) is 4.79 Å². The molecule has 0 aliphatic heterocycles. The average molecular weight is 191 g/mol. The summed E-state index contributed by atoms with van der Waals surface area (Å²) in [5.41, 5.74) is 3.55. The van der Waals surface area contributed by atoms with Gasteiger partial charge in [-0.2, -0.15) is 0 Å². The third-order valence-electron chi connectivity index (χ3n) is 2.06. The van der Waals surface area contributed by atoms with E-state index in [4.69, 9.17) is 0 Å². The number of carbonyl (C=O) groups excluding carboxylic acids is 1. The lowest BCUT2D eigenvalue weighted by Crippen LogP contribution is -2.20. The summed E-state index contributed by atoms with van der Waals surface area (Å²) in [6.07, 6.45) is 0.531. The highest BCUT2D eigenvalue weighted by atomic mass is 16.1. The molecule has 14 heavy (non-hydrogen) atoms. The summed E-state index contributed by atoms with van der Waals surface area (Å²) in [7, 11) is 1.79. The van der Waals surface area contributed by atoms with E-state index in [2.05, 4.69) is 37.4 Å². The quantitative estimate of drug-likeness (QED) is 0.783. The lowest BCUT2D eigenvalue weighted by Gasteiger charge is -2.04. The van der Waals surface area contributed by atoms with Crippen molar-refractivity contribution in [2.45, 2.75) is 20.3 Å². The normalized spacial score (nSPS) is 10.2. The molecule has 0 spiro atoms. The Hall–Kier alpha value is -1.15. The SMILES string of the molecule is CNCC(=O)Cc1cc(C)cc(C)c1. The number of Topliss-reactive ketones (excluding diaryl/α,β-unsaturated/α-hetero) is 1. The van der Waals surface area contributed by atoms with Crippen LogP contribution in [0, 0.1) is 13.8 Å². The fraction of sp³-hybridized carbons (Fsp3) is 0.417. The Morgan fingerprint density at radius 3 is 2.29 bits per heavy atom. The molecule has 0 amide bonds. The summed E-state index contributed by atoms with van der Waals surface area (Å²) in [5, 5.41) is 2.87. The van der Waals surface area contributed by atoms with Crippen LogP contribution < -0.4 is 5.32 Å². The van der Waals surface area contributed by atoms with Crippen LogP contribution in [0.15, 0.2) is 18.2 Å². The predicted molar refractivity (Wildman–Crippen MR) is 58.6 cm³/mol. The van der Waals surface area contributed by atoms with Gasteiger partial charge in [0.15, 0.2) is 5.78 Å². The largest absolute Gasteiger partial charge is 0.313 e. The minimum Gasteiger partial charge on any atom is -0.313 e. The zero-order valence-corrected chi connectivity index (χ0v) is 9.05. The lowest BCUT2D eigenvalue weighted by atomic mass is 10.0. The first kappa shape index (κ1) is 10.9. The molecule has 0 saturated heterocycles. The summed E-state index contributed by atoms with van der Waals surface area (Å²) in [4.78, 5) is 11.4. The van der Waals surface area contributed by atoms with Crippen molar-refractivity contribution in [2.75, 3.05) is 13.6 Å². The Balaban J connectivity index is 2.71. The van der Waals surface area contributed by atoms with Crippen LogP contribution in [-0.2, 0) is 11.2 Å². The smallest absolute Gasteiger partial charge is 0.150 e. The molecule has 0 aromatic heterocycles. The van der Waals surface area contributed by atoms with E-state index in [1.807, 2.05) is 0 Å². The van der Waals surface area contributed by atoms with Gasteiger partial charge in [0.1, 0.15) is 0 Å². The number of rotatable bonds is 4. The van der Waals surface area contributed by atoms with Crippen LogP contribution in [0.3, 0.4) is 0 Å². The molecule has 76 valence electrons. The van der Waals surface area contributed by atoms with Crippen molar-refractivity contribution < 1.29 is 4.79 Å². The highest BCUT2D eigenvalue weighted by molar-refractivity contribution is 5.82. The zero-order chi connectivity index (χ0) is 10.6. The Morgan fingerprint density at radius 2 is 1.79 bits per heavy atom. The highest BCUT2D eigenvalue weighted by Crippen LogP contribution is 2.09. The minimum absolute atomic E-state index is 0.234. The fourth-order valence-electron chi connectivity index (χ4n) is 1.66. The van der Waals surface area contributed by atoms with Crippen LogP contribution in [0.4, 0.5) is 0 Å². The van der Waals surface area contributed by atoms with E-state index in [0.29, 0.717) is 13.0 Å². The second kappa shape index (κ2) is 4.91. The van der Waals surface area contributed by atoms with Crippen molar-refractivity contribution in [1.82, 2.24) is 5.32 Å². The molecule has 0 radical (unpaired) electrons. The average Bonchev–Trinajstić information content (AvgIpc) is 2.01. The maximum Gasteiger partial charge on any atom is 0.150 e. The molecule has 0 bridgehead atoms. The van der Waals surface area contributed by atoms with Crippen LogP contribution in [-0.4, -0.2) is 19.4 Å². The molecule has 0 unspecified atom stereocenters. The topological polar surface area (TPSA) is 29.1 Å². The third kappa shape index (κ3) is 3.30. The minimum atomic E-state index is 0.234. The van der Waals surface area contributed by atoms with Gasteiger partial charge in [-0.15, -0.1) is 0 Å². The van der Waals surface area contributed by atoms with Gasteiger partial charge < -0.3 is 5.32 Å². The van der Waals surface area contributed by atoms with Crippen LogP contribution in [0.2, 0.25) is 0 Å². The van der Waals surface area contributed by atoms with Gasteiger partial charge in [0.25, 0.3) is 0 Å². The molecule has 1 aromatic rings. The van der Waals surface area contributed by atoms with E-state index >= 15 is 0 Å². The van der Waals surface area contributed by atoms with Crippen LogP contribution >= 0.6 is 0 Å². The summed E-state index contributed by atoms with van der Waals surface area (Å²) < 4.78 is 0. The molecular formula is C12H17NO. The van der Waals surface area contributed by atoms with Gasteiger partial charge in [-0.1, -0.05) is 29.3 Å². The molecule has 0 saturated carbocycles. The van der Waals surface area contributed by atoms with Gasteiger partial charge in [-0.05, 0) is 26.5 Å². The fourth-order valence-corrected chi connectivity index (χ4v) is 1.66.